The van der Waals surface area contributed by atoms with Gasteiger partial charge in [0.05, 0.1) is 44.1 Å². The Morgan fingerprint density at radius 1 is 1.35 bits per heavy atom. The Morgan fingerprint density at radius 3 is 2.85 bits per heavy atom. The van der Waals surface area contributed by atoms with Gasteiger partial charge in [0.25, 0.3) is 5.91 Å². The molecule has 0 bridgehead atoms. The molecule has 7 heteroatoms. The molecule has 4 rings (SSSR count). The van der Waals surface area contributed by atoms with Crippen molar-refractivity contribution < 1.29 is 19.0 Å². The van der Waals surface area contributed by atoms with Gasteiger partial charge in [-0.2, -0.15) is 5.10 Å². The SMILES string of the molecule is COCCn1nc2c(c1C(=O)N1CC3(CCCCO3)C1)C[C@H](C)O[C@@H]2C. The Balaban J connectivity index is 1.59. The first kappa shape index (κ1) is 17.9. The molecular weight excluding hydrogens is 334 g/mol. The third-order valence-electron chi connectivity index (χ3n) is 5.78. The maximum Gasteiger partial charge on any atom is 0.272 e. The highest BCUT2D eigenvalue weighted by molar-refractivity contribution is 5.95. The molecule has 0 aromatic carbocycles. The van der Waals surface area contributed by atoms with Gasteiger partial charge in [-0.05, 0) is 33.1 Å². The molecular formula is C19H29N3O4. The predicted molar refractivity (Wildman–Crippen MR) is 95.2 cm³/mol. The number of carbonyl (C=O) groups excluding carboxylic acids is 1. The lowest BCUT2D eigenvalue weighted by Crippen LogP contribution is -2.65. The second-order valence-corrected chi connectivity index (χ2v) is 7.87. The Bertz CT molecular complexity index is 673. The first-order valence-corrected chi connectivity index (χ1v) is 9.70. The van der Waals surface area contributed by atoms with Crippen LogP contribution >= 0.6 is 0 Å². The summed E-state index contributed by atoms with van der Waals surface area (Å²) in [7, 11) is 1.66. The second kappa shape index (κ2) is 6.94. The quantitative estimate of drug-likeness (QED) is 0.818. The summed E-state index contributed by atoms with van der Waals surface area (Å²) < 4.78 is 18.9. The van der Waals surface area contributed by atoms with Crippen molar-refractivity contribution in [2.45, 2.75) is 63.9 Å². The number of ether oxygens (including phenoxy) is 3. The smallest absolute Gasteiger partial charge is 0.272 e. The molecule has 0 aliphatic carbocycles. The van der Waals surface area contributed by atoms with E-state index in [9.17, 15) is 4.79 Å². The van der Waals surface area contributed by atoms with Crippen LogP contribution < -0.4 is 0 Å². The molecule has 0 unspecified atom stereocenters. The van der Waals surface area contributed by atoms with Gasteiger partial charge in [0.2, 0.25) is 0 Å². The van der Waals surface area contributed by atoms with Crippen molar-refractivity contribution in [3.8, 4) is 0 Å². The van der Waals surface area contributed by atoms with E-state index < -0.39 is 0 Å². The lowest BCUT2D eigenvalue weighted by atomic mass is 9.85. The van der Waals surface area contributed by atoms with Gasteiger partial charge in [0.1, 0.15) is 11.3 Å². The normalized spacial score (nSPS) is 27.3. The second-order valence-electron chi connectivity index (χ2n) is 7.87. The molecule has 4 heterocycles. The highest BCUT2D eigenvalue weighted by Crippen LogP contribution is 2.37. The third-order valence-corrected chi connectivity index (χ3v) is 5.78. The van der Waals surface area contributed by atoms with Crippen molar-refractivity contribution in [1.82, 2.24) is 14.7 Å². The van der Waals surface area contributed by atoms with Crippen LogP contribution in [0.3, 0.4) is 0 Å². The maximum absolute atomic E-state index is 13.3. The minimum absolute atomic E-state index is 0.0657. The van der Waals surface area contributed by atoms with Crippen molar-refractivity contribution in [1.29, 1.82) is 0 Å². The molecule has 7 nitrogen and oxygen atoms in total. The monoisotopic (exact) mass is 363 g/mol. The Morgan fingerprint density at radius 2 is 2.15 bits per heavy atom. The van der Waals surface area contributed by atoms with E-state index >= 15 is 0 Å². The van der Waals surface area contributed by atoms with Crippen molar-refractivity contribution in [2.24, 2.45) is 0 Å². The Hall–Kier alpha value is -1.44. The summed E-state index contributed by atoms with van der Waals surface area (Å²) in [6.45, 7) is 7.35. The van der Waals surface area contributed by atoms with Gasteiger partial charge in [0, 0.05) is 25.7 Å². The zero-order valence-electron chi connectivity index (χ0n) is 16.0. The number of aromatic nitrogens is 2. The summed E-state index contributed by atoms with van der Waals surface area (Å²) >= 11 is 0. The van der Waals surface area contributed by atoms with E-state index in [0.717, 1.165) is 37.1 Å². The number of methoxy groups -OCH3 is 1. The molecule has 0 saturated carbocycles. The number of nitrogens with zero attached hydrogens (tertiary/aromatic N) is 3. The van der Waals surface area contributed by atoms with Crippen molar-refractivity contribution in [3.63, 3.8) is 0 Å². The van der Waals surface area contributed by atoms with Gasteiger partial charge >= 0.3 is 0 Å². The maximum atomic E-state index is 13.3. The molecule has 2 atom stereocenters. The van der Waals surface area contributed by atoms with E-state index in [-0.39, 0.29) is 23.7 Å². The number of amides is 1. The van der Waals surface area contributed by atoms with Crippen LogP contribution in [0.4, 0.5) is 0 Å². The molecule has 3 aliphatic heterocycles. The summed E-state index contributed by atoms with van der Waals surface area (Å²) in [6.07, 6.45) is 4.10. The Kier molecular flexibility index (Phi) is 4.79. The molecule has 144 valence electrons. The van der Waals surface area contributed by atoms with Crippen LogP contribution in [0.1, 0.15) is 61.0 Å². The van der Waals surface area contributed by atoms with Crippen LogP contribution in [0.25, 0.3) is 0 Å². The zero-order valence-corrected chi connectivity index (χ0v) is 16.0. The topological polar surface area (TPSA) is 65.8 Å². The number of likely N-dealkylation sites (tertiary alicyclic amines) is 1. The summed E-state index contributed by atoms with van der Waals surface area (Å²) in [5, 5.41) is 4.70. The van der Waals surface area contributed by atoms with E-state index in [1.165, 1.54) is 6.42 Å². The lowest BCUT2D eigenvalue weighted by Gasteiger charge is -2.51. The number of rotatable bonds is 4. The van der Waals surface area contributed by atoms with Crippen LogP contribution in [0, 0.1) is 0 Å². The summed E-state index contributed by atoms with van der Waals surface area (Å²) in [4.78, 5) is 15.2. The predicted octanol–water partition coefficient (Wildman–Crippen LogP) is 1.95. The summed E-state index contributed by atoms with van der Waals surface area (Å²) in [5.41, 5.74) is 2.55. The van der Waals surface area contributed by atoms with Crippen molar-refractivity contribution >= 4 is 5.91 Å². The highest BCUT2D eigenvalue weighted by atomic mass is 16.5. The van der Waals surface area contributed by atoms with Crippen LogP contribution in [0.15, 0.2) is 0 Å². The summed E-state index contributed by atoms with van der Waals surface area (Å²) in [6, 6.07) is 0. The molecule has 3 aliphatic rings. The minimum Gasteiger partial charge on any atom is -0.383 e. The molecule has 1 aromatic heterocycles. The van der Waals surface area contributed by atoms with Crippen LogP contribution in [-0.4, -0.2) is 65.7 Å². The largest absolute Gasteiger partial charge is 0.383 e. The van der Waals surface area contributed by atoms with E-state index in [1.54, 1.807) is 7.11 Å². The van der Waals surface area contributed by atoms with Crippen LogP contribution in [-0.2, 0) is 27.2 Å². The fraction of sp³-hybridized carbons (Fsp3) is 0.789. The molecule has 1 aromatic rings. The molecule has 2 fully saturated rings. The Labute approximate surface area is 154 Å². The zero-order chi connectivity index (χ0) is 18.3. The van der Waals surface area contributed by atoms with E-state index in [2.05, 4.69) is 6.92 Å². The first-order chi connectivity index (χ1) is 12.5. The minimum atomic E-state index is -0.102. The van der Waals surface area contributed by atoms with Crippen LogP contribution in [0.5, 0.6) is 0 Å². The first-order valence-electron chi connectivity index (χ1n) is 9.70. The standard InChI is InChI=1S/C19H29N3O4/c1-13-10-15-16(14(2)26-13)20-22(7-9-24-3)17(15)18(23)21-11-19(12-21)6-4-5-8-25-19/h13-14H,4-12H2,1-3H3/t13-,14+/m0/s1. The highest BCUT2D eigenvalue weighted by Gasteiger charge is 2.48. The van der Waals surface area contributed by atoms with Gasteiger partial charge in [-0.3, -0.25) is 9.48 Å². The van der Waals surface area contributed by atoms with Crippen LogP contribution in [0.2, 0.25) is 0 Å². The summed E-state index contributed by atoms with van der Waals surface area (Å²) in [5.74, 6) is 0.0657. The van der Waals surface area contributed by atoms with Gasteiger partial charge < -0.3 is 19.1 Å². The van der Waals surface area contributed by atoms with E-state index in [0.29, 0.717) is 31.9 Å². The average molecular weight is 363 g/mol. The average Bonchev–Trinajstić information content (AvgIpc) is 2.96. The molecule has 1 amide bonds. The number of hydrogen-bond acceptors (Lipinski definition) is 5. The molecule has 26 heavy (non-hydrogen) atoms. The van der Waals surface area contributed by atoms with Gasteiger partial charge in [0.15, 0.2) is 0 Å². The van der Waals surface area contributed by atoms with Gasteiger partial charge in [-0.25, -0.2) is 0 Å². The molecule has 1 spiro atoms. The lowest BCUT2D eigenvalue weighted by molar-refractivity contribution is -0.152. The number of fused-ring (bicyclic) bond motifs is 1. The van der Waals surface area contributed by atoms with Gasteiger partial charge in [-0.15, -0.1) is 0 Å². The number of carbonyl (C=O) groups is 1. The fourth-order valence-electron chi connectivity index (χ4n) is 4.48. The fourth-order valence-corrected chi connectivity index (χ4v) is 4.48. The van der Waals surface area contributed by atoms with E-state index in [4.69, 9.17) is 19.3 Å². The van der Waals surface area contributed by atoms with E-state index in [1.807, 2.05) is 16.5 Å². The number of hydrogen-bond donors (Lipinski definition) is 0. The van der Waals surface area contributed by atoms with Crippen molar-refractivity contribution in [2.75, 3.05) is 33.4 Å². The van der Waals surface area contributed by atoms with Crippen molar-refractivity contribution in [3.05, 3.63) is 17.0 Å². The molecule has 0 N–H and O–H groups in total. The molecule has 2 saturated heterocycles. The third kappa shape index (κ3) is 3.06. The molecule has 0 radical (unpaired) electrons. The van der Waals surface area contributed by atoms with Gasteiger partial charge in [-0.1, -0.05) is 0 Å².